The van der Waals surface area contributed by atoms with E-state index in [1.807, 2.05) is 19.9 Å². The minimum absolute atomic E-state index is 0.118. The Morgan fingerprint density at radius 1 is 1.37 bits per heavy atom. The summed E-state index contributed by atoms with van der Waals surface area (Å²) in [7, 11) is 0. The van der Waals surface area contributed by atoms with E-state index in [1.54, 1.807) is 30.6 Å². The summed E-state index contributed by atoms with van der Waals surface area (Å²) in [6.07, 6.45) is 3.19. The fourth-order valence-corrected chi connectivity index (χ4v) is 1.83. The Balaban J connectivity index is 2.15. The number of halogens is 1. The van der Waals surface area contributed by atoms with Gasteiger partial charge in [-0.05, 0) is 43.3 Å². The molecule has 0 bridgehead atoms. The topological polar surface area (TPSA) is 34.1 Å². The van der Waals surface area contributed by atoms with Gasteiger partial charge in [0.15, 0.2) is 11.6 Å². The number of benzene rings is 1. The van der Waals surface area contributed by atoms with E-state index in [1.165, 1.54) is 6.07 Å². The second kappa shape index (κ2) is 6.29. The van der Waals surface area contributed by atoms with Crippen LogP contribution in [0.25, 0.3) is 0 Å². The summed E-state index contributed by atoms with van der Waals surface area (Å²) >= 11 is 0. The largest absolute Gasteiger partial charge is 0.453 e. The lowest BCUT2D eigenvalue weighted by Gasteiger charge is -2.14. The fourth-order valence-electron chi connectivity index (χ4n) is 1.83. The molecule has 0 aliphatic carbocycles. The van der Waals surface area contributed by atoms with Crippen molar-refractivity contribution in [3.8, 4) is 11.5 Å². The van der Waals surface area contributed by atoms with Crippen LogP contribution in [0.4, 0.5) is 4.39 Å². The Labute approximate surface area is 112 Å². The lowest BCUT2D eigenvalue weighted by Crippen LogP contribution is -2.17. The molecule has 0 aliphatic rings. The maximum absolute atomic E-state index is 14.0. The molecule has 4 heteroatoms. The number of hydrogen-bond acceptors (Lipinski definition) is 3. The predicted octanol–water partition coefficient (Wildman–Crippen LogP) is 3.68. The summed E-state index contributed by atoms with van der Waals surface area (Å²) < 4.78 is 19.4. The minimum Gasteiger partial charge on any atom is -0.453 e. The van der Waals surface area contributed by atoms with Gasteiger partial charge in [0.2, 0.25) is 0 Å². The summed E-state index contributed by atoms with van der Waals surface area (Å²) in [5, 5.41) is 3.24. The molecule has 0 spiro atoms. The third kappa shape index (κ3) is 3.51. The first-order chi connectivity index (χ1) is 9.20. The van der Waals surface area contributed by atoms with Gasteiger partial charge in [-0.3, -0.25) is 4.98 Å². The van der Waals surface area contributed by atoms with Gasteiger partial charge < -0.3 is 10.1 Å². The quantitative estimate of drug-likeness (QED) is 0.890. The zero-order valence-corrected chi connectivity index (χ0v) is 11.1. The fraction of sp³-hybridized carbons (Fsp3) is 0.267. The average Bonchev–Trinajstić information content (AvgIpc) is 2.42. The molecule has 0 amide bonds. The van der Waals surface area contributed by atoms with Crippen LogP contribution in [-0.2, 0) is 0 Å². The third-order valence-electron chi connectivity index (χ3n) is 2.83. The van der Waals surface area contributed by atoms with Crippen molar-refractivity contribution >= 4 is 0 Å². The molecule has 1 atom stereocenters. The van der Waals surface area contributed by atoms with Gasteiger partial charge in [-0.1, -0.05) is 13.0 Å². The van der Waals surface area contributed by atoms with Crippen LogP contribution in [0.5, 0.6) is 11.5 Å². The average molecular weight is 260 g/mol. The zero-order chi connectivity index (χ0) is 13.7. The third-order valence-corrected chi connectivity index (χ3v) is 2.83. The van der Waals surface area contributed by atoms with E-state index >= 15 is 0 Å². The summed E-state index contributed by atoms with van der Waals surface area (Å²) in [6, 6.07) is 8.61. The van der Waals surface area contributed by atoms with Crippen molar-refractivity contribution in [1.82, 2.24) is 10.3 Å². The van der Waals surface area contributed by atoms with Crippen LogP contribution in [0.1, 0.15) is 25.5 Å². The van der Waals surface area contributed by atoms with E-state index in [4.69, 9.17) is 4.74 Å². The van der Waals surface area contributed by atoms with Crippen LogP contribution in [0.2, 0.25) is 0 Å². The summed E-state index contributed by atoms with van der Waals surface area (Å²) in [5.41, 5.74) is 0.901. The van der Waals surface area contributed by atoms with Gasteiger partial charge in [0.1, 0.15) is 5.75 Å². The van der Waals surface area contributed by atoms with E-state index in [-0.39, 0.29) is 17.6 Å². The highest BCUT2D eigenvalue weighted by atomic mass is 19.1. The molecule has 100 valence electrons. The van der Waals surface area contributed by atoms with Crippen LogP contribution in [0.15, 0.2) is 42.7 Å². The molecule has 0 saturated carbocycles. The van der Waals surface area contributed by atoms with E-state index in [9.17, 15) is 4.39 Å². The lowest BCUT2D eigenvalue weighted by atomic mass is 10.1. The van der Waals surface area contributed by atoms with Crippen molar-refractivity contribution < 1.29 is 9.13 Å². The number of pyridine rings is 1. The minimum atomic E-state index is -0.369. The number of nitrogens with zero attached hydrogens (tertiary/aromatic N) is 1. The predicted molar refractivity (Wildman–Crippen MR) is 72.8 cm³/mol. The van der Waals surface area contributed by atoms with Crippen molar-refractivity contribution in [3.63, 3.8) is 0 Å². The highest BCUT2D eigenvalue weighted by Crippen LogP contribution is 2.26. The van der Waals surface area contributed by atoms with Gasteiger partial charge in [-0.25, -0.2) is 4.39 Å². The molecule has 19 heavy (non-hydrogen) atoms. The Morgan fingerprint density at radius 2 is 2.21 bits per heavy atom. The monoisotopic (exact) mass is 260 g/mol. The standard InChI is InChI=1S/C15H17FN2O/c1-3-18-11(2)12-6-7-15(14(16)9-12)19-13-5-4-8-17-10-13/h4-11,18H,3H2,1-2H3. The van der Waals surface area contributed by atoms with Gasteiger partial charge in [0, 0.05) is 12.2 Å². The van der Waals surface area contributed by atoms with Crippen molar-refractivity contribution in [2.75, 3.05) is 6.54 Å². The van der Waals surface area contributed by atoms with Gasteiger partial charge in [-0.2, -0.15) is 0 Å². The van der Waals surface area contributed by atoms with Gasteiger partial charge in [0.05, 0.1) is 6.20 Å². The molecule has 1 aromatic heterocycles. The number of ether oxygens (including phenoxy) is 1. The second-order valence-corrected chi connectivity index (χ2v) is 4.26. The number of rotatable bonds is 5. The number of aromatic nitrogens is 1. The molecule has 0 radical (unpaired) electrons. The van der Waals surface area contributed by atoms with Crippen LogP contribution in [-0.4, -0.2) is 11.5 Å². The molecule has 2 aromatic rings. The maximum Gasteiger partial charge on any atom is 0.166 e. The molecule has 1 aromatic carbocycles. The van der Waals surface area contributed by atoms with E-state index < -0.39 is 0 Å². The van der Waals surface area contributed by atoms with Crippen LogP contribution >= 0.6 is 0 Å². The molecule has 1 heterocycles. The SMILES string of the molecule is CCNC(C)c1ccc(Oc2cccnc2)c(F)c1. The lowest BCUT2D eigenvalue weighted by molar-refractivity contribution is 0.439. The Morgan fingerprint density at radius 3 is 2.84 bits per heavy atom. The van der Waals surface area contributed by atoms with Crippen molar-refractivity contribution in [2.45, 2.75) is 19.9 Å². The highest BCUT2D eigenvalue weighted by Gasteiger charge is 2.09. The molecule has 0 aliphatic heterocycles. The molecule has 0 saturated heterocycles. The van der Waals surface area contributed by atoms with Crippen LogP contribution in [0, 0.1) is 5.82 Å². The zero-order valence-electron chi connectivity index (χ0n) is 11.1. The molecule has 1 N–H and O–H groups in total. The first-order valence-electron chi connectivity index (χ1n) is 6.31. The Bertz CT molecular complexity index is 531. The molecule has 0 fully saturated rings. The highest BCUT2D eigenvalue weighted by molar-refractivity contribution is 5.34. The van der Waals surface area contributed by atoms with Gasteiger partial charge in [-0.15, -0.1) is 0 Å². The van der Waals surface area contributed by atoms with E-state index in [0.717, 1.165) is 12.1 Å². The van der Waals surface area contributed by atoms with E-state index in [0.29, 0.717) is 5.75 Å². The maximum atomic E-state index is 14.0. The number of hydrogen-bond donors (Lipinski definition) is 1. The molecular weight excluding hydrogens is 243 g/mol. The Kier molecular flexibility index (Phi) is 4.47. The number of nitrogens with one attached hydrogen (secondary N) is 1. The van der Waals surface area contributed by atoms with Crippen LogP contribution in [0.3, 0.4) is 0 Å². The van der Waals surface area contributed by atoms with Gasteiger partial charge in [0.25, 0.3) is 0 Å². The Hall–Kier alpha value is -1.94. The second-order valence-electron chi connectivity index (χ2n) is 4.26. The molecule has 2 rings (SSSR count). The molecular formula is C15H17FN2O. The molecule has 3 nitrogen and oxygen atoms in total. The van der Waals surface area contributed by atoms with Crippen LogP contribution < -0.4 is 10.1 Å². The summed E-state index contributed by atoms with van der Waals surface area (Å²) in [4.78, 5) is 3.92. The van der Waals surface area contributed by atoms with E-state index in [2.05, 4.69) is 10.3 Å². The first kappa shape index (κ1) is 13.5. The normalized spacial score (nSPS) is 12.2. The van der Waals surface area contributed by atoms with Gasteiger partial charge >= 0.3 is 0 Å². The summed E-state index contributed by atoms with van der Waals surface area (Å²) in [5.74, 6) is 0.362. The first-order valence-corrected chi connectivity index (χ1v) is 6.31. The smallest absolute Gasteiger partial charge is 0.166 e. The van der Waals surface area contributed by atoms with Crippen molar-refractivity contribution in [1.29, 1.82) is 0 Å². The molecule has 1 unspecified atom stereocenters. The summed E-state index contributed by atoms with van der Waals surface area (Å²) in [6.45, 7) is 4.86. The van der Waals surface area contributed by atoms with Crippen molar-refractivity contribution in [3.05, 3.63) is 54.1 Å². The van der Waals surface area contributed by atoms with Crippen molar-refractivity contribution in [2.24, 2.45) is 0 Å².